The molecule has 1 aromatic rings. The first kappa shape index (κ1) is 9.49. The molecule has 60 valence electrons. The maximum Gasteiger partial charge on any atom is 0.115 e. The van der Waals surface area contributed by atoms with E-state index >= 15 is 0 Å². The Morgan fingerprint density at radius 3 is 2.09 bits per heavy atom. The van der Waals surface area contributed by atoms with E-state index in [1.165, 1.54) is 0 Å². The van der Waals surface area contributed by atoms with Gasteiger partial charge in [-0.05, 0) is 24.3 Å². The van der Waals surface area contributed by atoms with E-state index in [0.29, 0.717) is 5.75 Å². The first-order valence-corrected chi connectivity index (χ1v) is 3.08. The summed E-state index contributed by atoms with van der Waals surface area (Å²) in [5.74, 6) is 0.300. The van der Waals surface area contributed by atoms with Gasteiger partial charge in [-0.15, -0.1) is 0 Å². The molecule has 0 radical (unpaired) electrons. The number of hydrogen-bond donors (Lipinski definition) is 2. The van der Waals surface area contributed by atoms with E-state index in [-0.39, 0.29) is 0 Å². The van der Waals surface area contributed by atoms with Gasteiger partial charge >= 0.3 is 0 Å². The van der Waals surface area contributed by atoms with Crippen molar-refractivity contribution in [3.05, 3.63) is 24.3 Å². The molecule has 0 aliphatic heterocycles. The van der Waals surface area contributed by atoms with Crippen molar-refractivity contribution in [2.75, 3.05) is 12.4 Å². The van der Waals surface area contributed by atoms with Crippen LogP contribution in [0.25, 0.3) is 0 Å². The Bertz CT molecular complexity index is 196. The fourth-order valence-corrected chi connectivity index (χ4v) is 0.628. The molecule has 1 rings (SSSR count). The van der Waals surface area contributed by atoms with E-state index in [2.05, 4.69) is 5.32 Å². The lowest BCUT2D eigenvalue weighted by Gasteiger charge is -1.96. The summed E-state index contributed by atoms with van der Waals surface area (Å²) < 4.78 is 0. The van der Waals surface area contributed by atoms with Crippen molar-refractivity contribution in [2.24, 2.45) is 0 Å². The first-order valence-electron chi connectivity index (χ1n) is 3.08. The van der Waals surface area contributed by atoms with Gasteiger partial charge in [-0.2, -0.15) is 0 Å². The Balaban J connectivity index is 0.000000461. The van der Waals surface area contributed by atoms with E-state index in [9.17, 15) is 0 Å². The Morgan fingerprint density at radius 2 is 1.73 bits per heavy atom. The van der Waals surface area contributed by atoms with Gasteiger partial charge in [-0.1, -0.05) is 0 Å². The molecular formula is C8H11NO2. The van der Waals surface area contributed by atoms with Crippen molar-refractivity contribution in [3.63, 3.8) is 0 Å². The average Bonchev–Trinajstić information content (AvgIpc) is 2.10. The molecule has 0 saturated heterocycles. The second kappa shape index (κ2) is 5.29. The summed E-state index contributed by atoms with van der Waals surface area (Å²) in [5.41, 5.74) is 1.01. The maximum absolute atomic E-state index is 8.82. The minimum atomic E-state index is 0.300. The van der Waals surface area contributed by atoms with Crippen LogP contribution >= 0.6 is 0 Å². The molecule has 0 heterocycles. The van der Waals surface area contributed by atoms with Crippen LogP contribution < -0.4 is 5.32 Å². The van der Waals surface area contributed by atoms with Crippen molar-refractivity contribution < 1.29 is 9.90 Å². The highest BCUT2D eigenvalue weighted by molar-refractivity contribution is 5.45. The molecule has 2 N–H and O–H groups in total. The quantitative estimate of drug-likeness (QED) is 0.597. The Hall–Kier alpha value is -1.51. The zero-order chi connectivity index (χ0) is 8.69. The first-order chi connectivity index (χ1) is 5.33. The third kappa shape index (κ3) is 3.25. The summed E-state index contributed by atoms with van der Waals surface area (Å²) in [7, 11) is 1.84. The number of carbonyl (C=O) groups is 1. The van der Waals surface area contributed by atoms with E-state index in [1.54, 1.807) is 12.1 Å². The lowest BCUT2D eigenvalue weighted by atomic mass is 10.3. The van der Waals surface area contributed by atoms with Crippen LogP contribution in [0, 0.1) is 0 Å². The van der Waals surface area contributed by atoms with Gasteiger partial charge in [0.2, 0.25) is 0 Å². The van der Waals surface area contributed by atoms with Gasteiger partial charge in [-0.3, -0.25) is 0 Å². The lowest BCUT2D eigenvalue weighted by Crippen LogP contribution is -1.84. The lowest BCUT2D eigenvalue weighted by molar-refractivity contribution is -0.0979. The van der Waals surface area contributed by atoms with Gasteiger partial charge in [0.15, 0.2) is 0 Å². The van der Waals surface area contributed by atoms with Gasteiger partial charge < -0.3 is 15.2 Å². The van der Waals surface area contributed by atoms with Crippen LogP contribution in [-0.4, -0.2) is 18.9 Å². The summed E-state index contributed by atoms with van der Waals surface area (Å²) in [6.45, 7) is 2.00. The number of anilines is 1. The van der Waals surface area contributed by atoms with Crippen molar-refractivity contribution in [2.45, 2.75) is 0 Å². The Kier molecular flexibility index (Phi) is 4.56. The second-order valence-electron chi connectivity index (χ2n) is 1.80. The number of benzene rings is 1. The minimum Gasteiger partial charge on any atom is -0.508 e. The zero-order valence-corrected chi connectivity index (χ0v) is 6.37. The standard InChI is InChI=1S/C7H9NO.CH2O/c1-8-6-2-4-7(9)5-3-6;1-2/h2-5,8-9H,1H3;1H2. The normalized spacial score (nSPS) is 7.73. The smallest absolute Gasteiger partial charge is 0.115 e. The highest BCUT2D eigenvalue weighted by atomic mass is 16.3. The van der Waals surface area contributed by atoms with Crippen molar-refractivity contribution >= 4 is 12.5 Å². The second-order valence-corrected chi connectivity index (χ2v) is 1.80. The molecule has 0 unspecified atom stereocenters. The monoisotopic (exact) mass is 153 g/mol. The van der Waals surface area contributed by atoms with Crippen LogP contribution in [0.4, 0.5) is 5.69 Å². The third-order valence-electron chi connectivity index (χ3n) is 1.16. The fraction of sp³-hybridized carbons (Fsp3) is 0.125. The molecule has 0 saturated carbocycles. The minimum absolute atomic E-state index is 0.300. The Morgan fingerprint density at radius 1 is 1.27 bits per heavy atom. The van der Waals surface area contributed by atoms with Crippen molar-refractivity contribution in [3.8, 4) is 5.75 Å². The van der Waals surface area contributed by atoms with E-state index in [1.807, 2.05) is 26.0 Å². The number of carbonyl (C=O) groups excluding carboxylic acids is 1. The number of nitrogens with one attached hydrogen (secondary N) is 1. The van der Waals surface area contributed by atoms with Crippen LogP contribution in [0.5, 0.6) is 5.75 Å². The highest BCUT2D eigenvalue weighted by Gasteiger charge is 1.85. The summed E-state index contributed by atoms with van der Waals surface area (Å²) in [4.78, 5) is 8.00. The molecule has 0 amide bonds. The van der Waals surface area contributed by atoms with Crippen LogP contribution in [0.2, 0.25) is 0 Å². The molecule has 0 atom stereocenters. The van der Waals surface area contributed by atoms with Gasteiger partial charge in [0.1, 0.15) is 12.5 Å². The molecule has 0 bridgehead atoms. The van der Waals surface area contributed by atoms with Gasteiger partial charge in [0.25, 0.3) is 0 Å². The van der Waals surface area contributed by atoms with Gasteiger partial charge in [0, 0.05) is 12.7 Å². The van der Waals surface area contributed by atoms with Gasteiger partial charge in [-0.25, -0.2) is 0 Å². The summed E-state index contributed by atoms with van der Waals surface area (Å²) >= 11 is 0. The maximum atomic E-state index is 8.82. The number of phenolic OH excluding ortho intramolecular Hbond substituents is 1. The molecule has 3 heteroatoms. The third-order valence-corrected chi connectivity index (χ3v) is 1.16. The number of phenols is 1. The van der Waals surface area contributed by atoms with E-state index in [0.717, 1.165) is 5.69 Å². The highest BCUT2D eigenvalue weighted by Crippen LogP contribution is 2.12. The summed E-state index contributed by atoms with van der Waals surface area (Å²) in [6.07, 6.45) is 0. The van der Waals surface area contributed by atoms with Crippen LogP contribution in [0.1, 0.15) is 0 Å². The van der Waals surface area contributed by atoms with Crippen molar-refractivity contribution in [1.29, 1.82) is 0 Å². The molecular weight excluding hydrogens is 142 g/mol. The SMILES string of the molecule is C=O.CNc1ccc(O)cc1. The number of rotatable bonds is 1. The average molecular weight is 153 g/mol. The summed E-state index contributed by atoms with van der Waals surface area (Å²) in [6, 6.07) is 6.92. The topological polar surface area (TPSA) is 49.3 Å². The zero-order valence-electron chi connectivity index (χ0n) is 6.37. The van der Waals surface area contributed by atoms with E-state index < -0.39 is 0 Å². The molecule has 0 aromatic heterocycles. The van der Waals surface area contributed by atoms with Crippen LogP contribution in [0.3, 0.4) is 0 Å². The molecule has 11 heavy (non-hydrogen) atoms. The van der Waals surface area contributed by atoms with Crippen molar-refractivity contribution in [1.82, 2.24) is 0 Å². The van der Waals surface area contributed by atoms with Crippen LogP contribution in [-0.2, 0) is 4.79 Å². The predicted molar refractivity (Wildman–Crippen MR) is 44.8 cm³/mol. The fourth-order valence-electron chi connectivity index (χ4n) is 0.628. The molecule has 3 nitrogen and oxygen atoms in total. The molecule has 0 fully saturated rings. The van der Waals surface area contributed by atoms with Gasteiger partial charge in [0.05, 0.1) is 0 Å². The number of aromatic hydroxyl groups is 1. The predicted octanol–water partition coefficient (Wildman–Crippen LogP) is 1.25. The molecule has 1 aromatic carbocycles. The molecule has 0 spiro atoms. The molecule has 0 aliphatic rings. The van der Waals surface area contributed by atoms with Crippen LogP contribution in [0.15, 0.2) is 24.3 Å². The summed E-state index contributed by atoms with van der Waals surface area (Å²) in [5, 5.41) is 11.8. The Labute approximate surface area is 65.7 Å². The largest absolute Gasteiger partial charge is 0.508 e. The number of hydrogen-bond acceptors (Lipinski definition) is 3. The van der Waals surface area contributed by atoms with E-state index in [4.69, 9.17) is 9.90 Å². The molecule has 0 aliphatic carbocycles.